The number of aliphatic imine (C=N–C) groups is 1. The molecule has 5 aromatic rings. The Morgan fingerprint density at radius 3 is 2.61 bits per heavy atom. The van der Waals surface area contributed by atoms with Crippen molar-refractivity contribution in [2.75, 3.05) is 43.1 Å². The van der Waals surface area contributed by atoms with Crippen molar-refractivity contribution in [2.45, 2.75) is 89.6 Å². The number of anilines is 1. The molecule has 1 aromatic carbocycles. The Labute approximate surface area is 441 Å². The van der Waals surface area contributed by atoms with Crippen LogP contribution in [0.5, 0.6) is 5.88 Å². The van der Waals surface area contributed by atoms with Gasteiger partial charge in [0.25, 0.3) is 17.3 Å². The number of rotatable bonds is 17. The summed E-state index contributed by atoms with van der Waals surface area (Å²) < 4.78 is 68.8. The van der Waals surface area contributed by atoms with Crippen molar-refractivity contribution in [1.82, 2.24) is 40.7 Å². The van der Waals surface area contributed by atoms with Crippen LogP contribution >= 0.6 is 11.3 Å². The maximum atomic E-state index is 15.4. The standard InChI is InChI=1S/C53H58F2N10O9S2/c1-28(2)42(52(69)65-24-33(66)21-39(65)48-60-53(4,74-62-48)31-12-10-30(11-13-31)47-29(3)59-27-75-47)40-22-41(61-73-40)72-19-9-7-8-16-57-50(67)43-35-25-64(49-37(55)20-32(54)23-58-49)38-14-17-56-46(44(35)38)45-34(15-18-63(5)51(45)68)36(43)26-76(6,70)71/h10-13,15,18,20,22-23,25,27-28,33,38-39,42,56,66H,7-9,14,16-17,19,21,24,26H2,1-6H3,(H,57,67)(H,60,62)/t33-,38?,39-,42-,53-/m1/s1. The number of halogens is 2. The zero-order chi connectivity index (χ0) is 53.8. The molecule has 4 aliphatic heterocycles. The summed E-state index contributed by atoms with van der Waals surface area (Å²) in [6.07, 6.45) is 6.48. The molecule has 76 heavy (non-hydrogen) atoms. The summed E-state index contributed by atoms with van der Waals surface area (Å²) in [7, 11) is -2.23. The van der Waals surface area contributed by atoms with E-state index in [1.165, 1.54) is 21.9 Å². The van der Waals surface area contributed by atoms with Crippen LogP contribution in [0.15, 0.2) is 97.6 Å². The lowest BCUT2D eigenvalue weighted by Gasteiger charge is -2.32. The van der Waals surface area contributed by atoms with Crippen LogP contribution in [0.4, 0.5) is 14.6 Å². The molecule has 400 valence electrons. The highest BCUT2D eigenvalue weighted by Crippen LogP contribution is 2.47. The summed E-state index contributed by atoms with van der Waals surface area (Å²) in [6.45, 7) is 8.47. The number of hydrogen-bond acceptors (Lipinski definition) is 17. The van der Waals surface area contributed by atoms with Gasteiger partial charge in [-0.3, -0.25) is 14.4 Å². The maximum Gasteiger partial charge on any atom is 0.260 e. The van der Waals surface area contributed by atoms with Crippen LogP contribution in [0.2, 0.25) is 0 Å². The Bertz CT molecular complexity index is 3420. The van der Waals surface area contributed by atoms with E-state index in [0.717, 1.165) is 40.2 Å². The number of aliphatic hydroxyl groups is 1. The number of benzene rings is 1. The van der Waals surface area contributed by atoms with E-state index >= 15 is 4.39 Å². The van der Waals surface area contributed by atoms with E-state index in [1.807, 2.05) is 57.5 Å². The van der Waals surface area contributed by atoms with E-state index in [2.05, 4.69) is 31.2 Å². The SMILES string of the molecule is Cc1ncsc1-c1ccc([C@]2(C)N=C([C@H]3C[C@@H](O)CN3C(=O)[C@@H](c3cc(OCCCCCNC(=O)C4=C(CS(C)(=O)=O)c5ccn(C)c(=O)c5C5=C6C4=CN(c4ncc(F)cc4F)C6CCN5)no3)C(C)C)NO2)cc1. The summed E-state index contributed by atoms with van der Waals surface area (Å²) in [6, 6.07) is 10.6. The molecule has 1 unspecified atom stereocenters. The van der Waals surface area contributed by atoms with Gasteiger partial charge in [-0.25, -0.2) is 42.5 Å². The Morgan fingerprint density at radius 1 is 1.09 bits per heavy atom. The number of likely N-dealkylation sites (tertiary alicyclic amines) is 1. The summed E-state index contributed by atoms with van der Waals surface area (Å²) >= 11 is 1.57. The fourth-order valence-corrected chi connectivity index (χ4v) is 12.4. The van der Waals surface area contributed by atoms with Crippen molar-refractivity contribution in [3.8, 4) is 16.3 Å². The number of nitrogens with zero attached hydrogens (tertiary/aromatic N) is 7. The van der Waals surface area contributed by atoms with Gasteiger partial charge in [-0.1, -0.05) is 38.1 Å². The van der Waals surface area contributed by atoms with Gasteiger partial charge in [0.2, 0.25) is 11.6 Å². The fourth-order valence-electron chi connectivity index (χ4n) is 10.7. The van der Waals surface area contributed by atoms with E-state index in [1.54, 1.807) is 35.4 Å². The highest BCUT2D eigenvalue weighted by atomic mass is 32.2. The monoisotopic (exact) mass is 1080 g/mol. The number of thiazole rings is 1. The van der Waals surface area contributed by atoms with Crippen molar-refractivity contribution >= 4 is 55.9 Å². The number of nitrogens with one attached hydrogen (secondary N) is 3. The highest BCUT2D eigenvalue weighted by Gasteiger charge is 2.47. The van der Waals surface area contributed by atoms with Gasteiger partial charge in [0.15, 0.2) is 27.2 Å². The number of hydroxylamine groups is 1. The number of aryl methyl sites for hydroxylation is 2. The number of hydrogen-bond donors (Lipinski definition) is 4. The number of amides is 2. The number of carbonyl (C=O) groups is 2. The lowest BCUT2D eigenvalue weighted by molar-refractivity contribution is -0.134. The van der Waals surface area contributed by atoms with Crippen LogP contribution in [0, 0.1) is 24.5 Å². The molecule has 0 spiro atoms. The highest BCUT2D eigenvalue weighted by molar-refractivity contribution is 7.91. The average Bonchev–Trinajstić information content (AvgIpc) is 4.28. The molecule has 10 rings (SSSR count). The number of sulfone groups is 1. The predicted octanol–water partition coefficient (Wildman–Crippen LogP) is 5.64. The molecule has 19 nitrogen and oxygen atoms in total. The molecular weight excluding hydrogens is 1020 g/mol. The molecule has 8 heterocycles. The molecule has 1 aliphatic carbocycles. The lowest BCUT2D eigenvalue weighted by Crippen LogP contribution is -2.46. The van der Waals surface area contributed by atoms with Crippen molar-refractivity contribution < 1.29 is 46.0 Å². The summed E-state index contributed by atoms with van der Waals surface area (Å²) in [4.78, 5) is 66.6. The molecule has 0 bridgehead atoms. The number of aliphatic hydroxyl groups excluding tert-OH is 1. The van der Waals surface area contributed by atoms with Crippen LogP contribution < -0.4 is 31.3 Å². The second kappa shape index (κ2) is 20.8. The molecule has 4 N–H and O–H groups in total. The van der Waals surface area contributed by atoms with E-state index in [-0.39, 0.29) is 71.9 Å². The first-order chi connectivity index (χ1) is 36.3. The van der Waals surface area contributed by atoms with Crippen LogP contribution in [-0.4, -0.2) is 112 Å². The van der Waals surface area contributed by atoms with Crippen molar-refractivity contribution in [2.24, 2.45) is 18.0 Å². The van der Waals surface area contributed by atoms with Gasteiger partial charge in [-0.05, 0) is 73.4 Å². The number of aromatic nitrogens is 4. The minimum absolute atomic E-state index is 0.0182. The number of carbonyl (C=O) groups excluding carboxylic acids is 2. The predicted molar refractivity (Wildman–Crippen MR) is 280 cm³/mol. The van der Waals surface area contributed by atoms with E-state index < -0.39 is 68.5 Å². The van der Waals surface area contributed by atoms with Gasteiger partial charge >= 0.3 is 0 Å². The Hall–Kier alpha value is -7.08. The van der Waals surface area contributed by atoms with Crippen molar-refractivity contribution in [1.29, 1.82) is 0 Å². The first-order valence-corrected chi connectivity index (χ1v) is 28.1. The van der Waals surface area contributed by atoms with E-state index in [4.69, 9.17) is 19.1 Å². The second-order valence-electron chi connectivity index (χ2n) is 20.3. The van der Waals surface area contributed by atoms with Crippen LogP contribution in [0.25, 0.3) is 21.7 Å². The molecule has 4 aromatic heterocycles. The average molecular weight is 1080 g/mol. The molecular formula is C53H58F2N10O9S2. The molecule has 23 heteroatoms. The number of unbranched alkanes of at least 4 members (excludes halogenated alkanes) is 2. The zero-order valence-corrected chi connectivity index (χ0v) is 44.4. The largest absolute Gasteiger partial charge is 0.476 e. The van der Waals surface area contributed by atoms with Gasteiger partial charge in [0, 0.05) is 80.6 Å². The smallest absolute Gasteiger partial charge is 0.260 e. The fraction of sp³-hybridized carbons (Fsp3) is 0.415. The Balaban J connectivity index is 0.791. The molecule has 5 aliphatic rings. The summed E-state index contributed by atoms with van der Waals surface area (Å²) in [5.41, 5.74) is 7.87. The Morgan fingerprint density at radius 2 is 1.88 bits per heavy atom. The van der Waals surface area contributed by atoms with Crippen LogP contribution in [0.1, 0.15) is 86.9 Å². The van der Waals surface area contributed by atoms with Gasteiger partial charge < -0.3 is 39.4 Å². The number of fused-ring (bicyclic) bond motifs is 2. The molecule has 0 radical (unpaired) electrons. The Kier molecular flexibility index (Phi) is 14.3. The number of pyridine rings is 2. The number of β-amino-alcohol motifs (C(OH)–C–C–N with tert-alkyl or cyclic N) is 1. The van der Waals surface area contributed by atoms with Crippen molar-refractivity contribution in [3.63, 3.8) is 0 Å². The van der Waals surface area contributed by atoms with E-state index in [9.17, 15) is 32.3 Å². The van der Waals surface area contributed by atoms with Gasteiger partial charge in [-0.2, -0.15) is 0 Å². The quantitative estimate of drug-likeness (QED) is 0.0825. The minimum atomic E-state index is -3.81. The van der Waals surface area contributed by atoms with Crippen LogP contribution in [0.3, 0.4) is 0 Å². The number of amidine groups is 1. The second-order valence-corrected chi connectivity index (χ2v) is 23.2. The maximum absolute atomic E-state index is 15.4. The topological polar surface area (TPSA) is 236 Å². The first kappa shape index (κ1) is 52.4. The normalized spacial score (nSPS) is 21.5. The molecule has 1 saturated heterocycles. The van der Waals surface area contributed by atoms with Crippen molar-refractivity contribution in [3.05, 3.63) is 133 Å². The van der Waals surface area contributed by atoms with Crippen LogP contribution in [-0.2, 0) is 37.0 Å². The lowest BCUT2D eigenvalue weighted by atomic mass is 9.89. The van der Waals surface area contributed by atoms with Gasteiger partial charge in [0.1, 0.15) is 17.6 Å². The third kappa shape index (κ3) is 10.1. The van der Waals surface area contributed by atoms with Gasteiger partial charge in [-0.15, -0.1) is 11.3 Å². The molecule has 1 fully saturated rings. The van der Waals surface area contributed by atoms with Gasteiger partial charge in [0.05, 0.1) is 69.7 Å². The first-order valence-electron chi connectivity index (χ1n) is 25.1. The van der Waals surface area contributed by atoms with E-state index in [0.29, 0.717) is 60.7 Å². The summed E-state index contributed by atoms with van der Waals surface area (Å²) in [5, 5.41) is 21.3. The zero-order valence-electron chi connectivity index (χ0n) is 42.7. The third-order valence-electron chi connectivity index (χ3n) is 14.4. The summed E-state index contributed by atoms with van der Waals surface area (Å²) in [5.74, 6) is -3.48. The molecule has 2 amide bonds. The number of ether oxygens (including phenoxy) is 1. The molecule has 5 atom stereocenters. The third-order valence-corrected chi connectivity index (χ3v) is 16.2. The molecule has 0 saturated carbocycles. The minimum Gasteiger partial charge on any atom is -0.476 e.